The average molecular weight is 392 g/mol. The molecule has 0 spiro atoms. The van der Waals surface area contributed by atoms with Crippen LogP contribution in [0, 0.1) is 0 Å². The van der Waals surface area contributed by atoms with Crippen molar-refractivity contribution in [3.63, 3.8) is 0 Å². The number of aromatic nitrogens is 2. The van der Waals surface area contributed by atoms with E-state index in [-0.39, 0.29) is 33.9 Å². The lowest BCUT2D eigenvalue weighted by Crippen LogP contribution is -2.49. The minimum absolute atomic E-state index is 0.118. The number of carbonyl (C=O) groups is 1. The number of anilines is 2. The first-order chi connectivity index (χ1) is 17.2. The zero-order chi connectivity index (χ0) is 27.4. The Bertz CT molecular complexity index is 1370. The number of nitrogens with two attached hydrogens (primary N) is 1. The predicted octanol–water partition coefficient (Wildman–Crippen LogP) is 1.78. The third-order valence-electron chi connectivity index (χ3n) is 4.07. The molecule has 0 unspecified atom stereocenters. The van der Waals surface area contributed by atoms with Gasteiger partial charge < -0.3 is 29.4 Å². The lowest BCUT2D eigenvalue weighted by molar-refractivity contribution is 0.0714. The summed E-state index contributed by atoms with van der Waals surface area (Å²) in [6, 6.07) is 1.58. The number of hydrogen-bond donors (Lipinski definition) is 1. The van der Waals surface area contributed by atoms with Gasteiger partial charge in [0, 0.05) is 37.5 Å². The maximum absolute atomic E-state index is 12.9. The zero-order valence-electron chi connectivity index (χ0n) is 23.9. The van der Waals surface area contributed by atoms with Crippen molar-refractivity contribution in [1.29, 1.82) is 0 Å². The molecule has 1 aliphatic heterocycles. The summed E-state index contributed by atoms with van der Waals surface area (Å²) in [5.74, 6) is -1.97. The normalized spacial score (nSPS) is 22.4. The van der Waals surface area contributed by atoms with Gasteiger partial charge in [0.05, 0.1) is 34.2 Å². The molecule has 0 atom stereocenters. The van der Waals surface area contributed by atoms with Crippen LogP contribution in [0.1, 0.15) is 20.2 Å². The van der Waals surface area contributed by atoms with Crippen molar-refractivity contribution in [2.24, 2.45) is 0 Å². The molecule has 1 saturated heterocycles. The van der Waals surface area contributed by atoms with Crippen molar-refractivity contribution in [3.8, 4) is 11.5 Å². The van der Waals surface area contributed by atoms with Crippen LogP contribution in [0.3, 0.4) is 0 Å². The standard InChI is InChI=1S/C19H21N5O4/c1-26-15-10-12-13(11-16(15)27-2)21-19(22-17(12)20)24-7-5-23(6-8-24)18(25)14-4-3-9-28-14/h3-4,9-11H,5-8H2,1-2H3,(H2,20,21,22)/i3D,4D,7D2,8D2,9D/hD2. The molecule has 1 aliphatic rings. The number of rotatable bonds is 5. The van der Waals surface area contributed by atoms with Crippen molar-refractivity contribution in [2.45, 2.75) is 0 Å². The van der Waals surface area contributed by atoms with Gasteiger partial charge in [-0.15, -0.1) is 0 Å². The molecule has 2 N–H and O–H groups in total. The Labute approximate surface area is 174 Å². The Balaban J connectivity index is 1.80. The molecule has 4 rings (SSSR count). The van der Waals surface area contributed by atoms with E-state index in [4.69, 9.17) is 26.3 Å². The Morgan fingerprint density at radius 3 is 2.68 bits per heavy atom. The van der Waals surface area contributed by atoms with Crippen LogP contribution in [-0.2, 0) is 0 Å². The highest BCUT2D eigenvalue weighted by atomic mass is 16.5. The van der Waals surface area contributed by atoms with E-state index in [0.29, 0.717) is 4.90 Å². The molecule has 0 saturated carbocycles. The molecule has 9 nitrogen and oxygen atoms in total. The summed E-state index contributed by atoms with van der Waals surface area (Å²) in [7, 11) is 2.78. The Morgan fingerprint density at radius 2 is 2.04 bits per heavy atom. The molecular formula is C19H21N5O4. The van der Waals surface area contributed by atoms with Crippen LogP contribution in [0.5, 0.6) is 11.5 Å². The summed E-state index contributed by atoms with van der Waals surface area (Å²) in [5.41, 5.74) is 0.293. The second-order valence-electron chi connectivity index (χ2n) is 5.67. The first-order valence-electron chi connectivity index (χ1n) is 12.5. The summed E-state index contributed by atoms with van der Waals surface area (Å²) < 4.78 is 88.1. The molecule has 0 radical (unpaired) electrons. The molecule has 1 amide bonds. The maximum Gasteiger partial charge on any atom is 0.289 e. The number of ether oxygens (including phenoxy) is 2. The first-order valence-corrected chi connectivity index (χ1v) is 8.09. The molecule has 1 aromatic carbocycles. The van der Waals surface area contributed by atoms with Crippen LogP contribution >= 0.6 is 0 Å². The molecule has 28 heavy (non-hydrogen) atoms. The molecule has 0 bridgehead atoms. The van der Waals surface area contributed by atoms with Gasteiger partial charge in [0.1, 0.15) is 7.19 Å². The van der Waals surface area contributed by atoms with Gasteiger partial charge >= 0.3 is 0 Å². The number of furan rings is 1. The number of nitrogen functional groups attached to an aromatic ring is 1. The summed E-state index contributed by atoms with van der Waals surface area (Å²) in [5, 5.41) is 0.194. The van der Waals surface area contributed by atoms with E-state index in [0.717, 1.165) is 4.90 Å². The van der Waals surface area contributed by atoms with E-state index < -0.39 is 62.0 Å². The van der Waals surface area contributed by atoms with E-state index in [1.165, 1.54) is 26.4 Å². The number of hydrogen-bond acceptors (Lipinski definition) is 8. The fraction of sp³-hybridized carbons (Fsp3) is 0.316. The lowest BCUT2D eigenvalue weighted by atomic mass is 10.2. The van der Waals surface area contributed by atoms with E-state index in [1.807, 2.05) is 0 Å². The minimum Gasteiger partial charge on any atom is -0.493 e. The summed E-state index contributed by atoms with van der Waals surface area (Å²) in [6.45, 7) is -6.65. The number of carbonyl (C=O) groups excluding carboxylic acids is 1. The number of nitrogens with zero attached hydrogens (tertiary/aromatic N) is 4. The average Bonchev–Trinajstić information content (AvgIpc) is 3.07. The van der Waals surface area contributed by atoms with E-state index in [2.05, 4.69) is 9.97 Å². The predicted molar refractivity (Wildman–Crippen MR) is 104 cm³/mol. The number of methoxy groups -OCH3 is 2. The van der Waals surface area contributed by atoms with Crippen molar-refractivity contribution < 1.29 is 31.1 Å². The highest BCUT2D eigenvalue weighted by Gasteiger charge is 2.25. The topological polar surface area (TPSA) is 107 Å². The van der Waals surface area contributed by atoms with Crippen molar-refractivity contribution in [2.75, 3.05) is 50.9 Å². The molecule has 9 heteroatoms. The fourth-order valence-electron chi connectivity index (χ4n) is 2.66. The van der Waals surface area contributed by atoms with Gasteiger partial charge in [0.15, 0.2) is 20.1 Å². The van der Waals surface area contributed by atoms with Crippen LogP contribution in [0.15, 0.2) is 34.9 Å². The highest BCUT2D eigenvalue weighted by molar-refractivity contribution is 5.92. The highest BCUT2D eigenvalue weighted by Crippen LogP contribution is 2.34. The Morgan fingerprint density at radius 1 is 1.29 bits per heavy atom. The Hall–Kier alpha value is -3.49. The van der Waals surface area contributed by atoms with E-state index in [1.54, 1.807) is 0 Å². The minimum atomic E-state index is -2.61. The molecular weight excluding hydrogens is 362 g/mol. The first kappa shape index (κ1) is 10.2. The van der Waals surface area contributed by atoms with Gasteiger partial charge in [-0.1, -0.05) is 0 Å². The smallest absolute Gasteiger partial charge is 0.289 e. The van der Waals surface area contributed by atoms with Crippen LogP contribution in [0.25, 0.3) is 10.9 Å². The van der Waals surface area contributed by atoms with Gasteiger partial charge in [-0.25, -0.2) is 4.98 Å². The number of fused-ring (bicyclic) bond motifs is 1. The van der Waals surface area contributed by atoms with E-state index >= 15 is 0 Å². The zero-order valence-corrected chi connectivity index (χ0v) is 14.9. The second kappa shape index (κ2) is 7.26. The number of benzene rings is 1. The maximum atomic E-state index is 12.9. The van der Waals surface area contributed by atoms with Crippen LogP contribution in [0.2, 0.25) is 2.82 Å². The van der Waals surface area contributed by atoms with Crippen LogP contribution in [0.4, 0.5) is 11.8 Å². The molecule has 1 fully saturated rings. The molecule has 2 aromatic heterocycles. The quantitative estimate of drug-likeness (QED) is 0.700. The summed E-state index contributed by atoms with van der Waals surface area (Å²) in [6.07, 6.45) is -0.711. The molecule has 3 aromatic rings. The van der Waals surface area contributed by atoms with Gasteiger partial charge in [0.2, 0.25) is 5.95 Å². The molecule has 3 heterocycles. The second-order valence-corrected chi connectivity index (χ2v) is 5.67. The van der Waals surface area contributed by atoms with Crippen molar-refractivity contribution >= 4 is 28.6 Å². The van der Waals surface area contributed by atoms with Gasteiger partial charge in [-0.3, -0.25) is 4.79 Å². The molecule has 0 aliphatic carbocycles. The number of amides is 1. The number of piperazine rings is 1. The van der Waals surface area contributed by atoms with Crippen LogP contribution < -0.4 is 20.1 Å². The van der Waals surface area contributed by atoms with Crippen LogP contribution in [-0.4, -0.2) is 61.1 Å². The summed E-state index contributed by atoms with van der Waals surface area (Å²) in [4.78, 5) is 22.7. The van der Waals surface area contributed by atoms with Gasteiger partial charge in [-0.05, 0) is 18.2 Å². The lowest BCUT2D eigenvalue weighted by Gasteiger charge is -2.34. The van der Waals surface area contributed by atoms with Crippen molar-refractivity contribution in [1.82, 2.24) is 14.9 Å². The largest absolute Gasteiger partial charge is 0.493 e. The summed E-state index contributed by atoms with van der Waals surface area (Å²) >= 11 is 0. The fourth-order valence-corrected chi connectivity index (χ4v) is 2.66. The molecule has 146 valence electrons. The third kappa shape index (κ3) is 3.15. The Kier molecular flexibility index (Phi) is 2.63. The van der Waals surface area contributed by atoms with Gasteiger partial charge in [-0.2, -0.15) is 4.98 Å². The van der Waals surface area contributed by atoms with E-state index in [9.17, 15) is 4.79 Å². The monoisotopic (exact) mass is 392 g/mol. The van der Waals surface area contributed by atoms with Crippen molar-refractivity contribution in [3.05, 3.63) is 36.2 Å². The third-order valence-corrected chi connectivity index (χ3v) is 4.07. The van der Waals surface area contributed by atoms with Gasteiger partial charge in [0.25, 0.3) is 5.91 Å². The SMILES string of the molecule is [2H]c1oc(C(=O)N2CC([2H])([2H])N(c3nc(N([2H])[2H])c4cc(OC)c(OC)cc4n3)C([2H])([2H])C2)c([2H])c1[2H].